The lowest BCUT2D eigenvalue weighted by atomic mass is 10.3. The zero-order valence-electron chi connectivity index (χ0n) is 10.3. The van der Waals surface area contributed by atoms with Crippen LogP contribution in [0, 0.1) is 0 Å². The minimum atomic E-state index is 0.975. The van der Waals surface area contributed by atoms with Crippen molar-refractivity contribution in [2.75, 3.05) is 25.0 Å². The van der Waals surface area contributed by atoms with Crippen molar-refractivity contribution in [1.82, 2.24) is 0 Å². The lowest BCUT2D eigenvalue weighted by Crippen LogP contribution is -2.25. The van der Waals surface area contributed by atoms with E-state index in [-0.39, 0.29) is 0 Å². The third kappa shape index (κ3) is 3.89. The number of rotatable bonds is 6. The van der Waals surface area contributed by atoms with Crippen molar-refractivity contribution in [2.24, 2.45) is 0 Å². The Balaban J connectivity index is 2.50. The molecule has 1 rings (SSSR count). The molecular weight excluding hydrogens is 196 g/mol. The van der Waals surface area contributed by atoms with E-state index >= 15 is 0 Å². The fourth-order valence-corrected chi connectivity index (χ4v) is 1.57. The van der Waals surface area contributed by atoms with E-state index in [4.69, 9.17) is 0 Å². The maximum absolute atomic E-state index is 3.81. The molecule has 0 aliphatic carbocycles. The van der Waals surface area contributed by atoms with Gasteiger partial charge in [0.1, 0.15) is 6.21 Å². The fourth-order valence-electron chi connectivity index (χ4n) is 1.57. The lowest BCUT2D eigenvalue weighted by Gasteiger charge is -2.17. The van der Waals surface area contributed by atoms with E-state index in [1.54, 1.807) is 0 Å². The summed E-state index contributed by atoms with van der Waals surface area (Å²) in [7, 11) is 2.11. The Labute approximate surface area is 98.5 Å². The number of nitrogens with zero attached hydrogens (tertiary/aromatic N) is 2. The van der Waals surface area contributed by atoms with Crippen LogP contribution in [-0.4, -0.2) is 30.9 Å². The van der Waals surface area contributed by atoms with Crippen LogP contribution >= 0.6 is 0 Å². The first-order chi connectivity index (χ1) is 7.77. The van der Waals surface area contributed by atoms with E-state index in [0.717, 1.165) is 19.5 Å². The third-order valence-electron chi connectivity index (χ3n) is 2.54. The van der Waals surface area contributed by atoms with Crippen LogP contribution in [0.15, 0.2) is 43.1 Å². The van der Waals surface area contributed by atoms with Gasteiger partial charge in [-0.3, -0.25) is 0 Å². The Bertz CT molecular complexity index is 341. The first kappa shape index (κ1) is 12.5. The average Bonchev–Trinajstić information content (AvgIpc) is 2.35. The van der Waals surface area contributed by atoms with Gasteiger partial charge in [0, 0.05) is 19.2 Å². The number of para-hydroxylation sites is 1. The zero-order chi connectivity index (χ0) is 11.8. The van der Waals surface area contributed by atoms with Gasteiger partial charge in [0.05, 0.1) is 6.54 Å². The van der Waals surface area contributed by atoms with Crippen LogP contribution in [0.5, 0.6) is 0 Å². The number of likely N-dealkylation sites (N-methyl/N-ethyl adjacent to an activating group) is 1. The molecule has 86 valence electrons. The SMILES string of the molecule is C=C[N+](=CCC)CCN(C)c1ccccc1. The van der Waals surface area contributed by atoms with Gasteiger partial charge in [0.15, 0.2) is 12.7 Å². The summed E-state index contributed by atoms with van der Waals surface area (Å²) in [6.07, 6.45) is 5.08. The second-order valence-corrected chi connectivity index (χ2v) is 3.77. The normalized spacial score (nSPS) is 11.2. The Morgan fingerprint density at radius 3 is 2.56 bits per heavy atom. The van der Waals surface area contributed by atoms with Gasteiger partial charge in [-0.1, -0.05) is 25.1 Å². The molecule has 0 spiro atoms. The smallest absolute Gasteiger partial charge is 0.165 e. The van der Waals surface area contributed by atoms with Gasteiger partial charge in [-0.25, -0.2) is 4.58 Å². The summed E-state index contributed by atoms with van der Waals surface area (Å²) in [5, 5.41) is 0. The van der Waals surface area contributed by atoms with Crippen LogP contribution in [-0.2, 0) is 0 Å². The van der Waals surface area contributed by atoms with E-state index in [1.807, 2.05) is 12.3 Å². The maximum Gasteiger partial charge on any atom is 0.165 e. The Morgan fingerprint density at radius 1 is 1.31 bits per heavy atom. The molecule has 16 heavy (non-hydrogen) atoms. The van der Waals surface area contributed by atoms with Crippen molar-refractivity contribution in [3.63, 3.8) is 0 Å². The summed E-state index contributed by atoms with van der Waals surface area (Å²) < 4.78 is 2.14. The van der Waals surface area contributed by atoms with Crippen LogP contribution < -0.4 is 4.90 Å². The molecule has 0 amide bonds. The van der Waals surface area contributed by atoms with Gasteiger partial charge >= 0.3 is 0 Å². The van der Waals surface area contributed by atoms with Gasteiger partial charge < -0.3 is 4.90 Å². The first-order valence-corrected chi connectivity index (χ1v) is 5.75. The van der Waals surface area contributed by atoms with Gasteiger partial charge in [-0.2, -0.15) is 0 Å². The molecule has 0 heterocycles. The Morgan fingerprint density at radius 2 is 2.00 bits per heavy atom. The lowest BCUT2D eigenvalue weighted by molar-refractivity contribution is -0.449. The molecule has 2 heteroatoms. The minimum Gasteiger partial charge on any atom is -0.368 e. The van der Waals surface area contributed by atoms with Gasteiger partial charge in [0.2, 0.25) is 0 Å². The average molecular weight is 217 g/mol. The molecule has 0 unspecified atom stereocenters. The number of benzene rings is 1. The second-order valence-electron chi connectivity index (χ2n) is 3.77. The molecule has 0 aromatic heterocycles. The molecule has 0 saturated heterocycles. The highest BCUT2D eigenvalue weighted by Gasteiger charge is 2.03. The number of anilines is 1. The standard InChI is InChI=1S/C14H21N2/c1-4-11-16(5-2)13-12-15(3)14-9-7-6-8-10-14/h5-11H,2,4,12-13H2,1,3H3/q+1. The predicted molar refractivity (Wildman–Crippen MR) is 71.4 cm³/mol. The van der Waals surface area contributed by atoms with Gasteiger partial charge in [-0.15, -0.1) is 0 Å². The summed E-state index contributed by atoms with van der Waals surface area (Å²) in [5.41, 5.74) is 1.25. The summed E-state index contributed by atoms with van der Waals surface area (Å²) in [5.74, 6) is 0. The molecular formula is C14H21N2+. The molecule has 0 N–H and O–H groups in total. The van der Waals surface area contributed by atoms with Crippen LogP contribution in [0.3, 0.4) is 0 Å². The van der Waals surface area contributed by atoms with Crippen molar-refractivity contribution in [2.45, 2.75) is 13.3 Å². The summed E-state index contributed by atoms with van der Waals surface area (Å²) >= 11 is 0. The Kier molecular flexibility index (Phi) is 5.34. The van der Waals surface area contributed by atoms with Crippen LogP contribution in [0.25, 0.3) is 0 Å². The van der Waals surface area contributed by atoms with E-state index in [1.165, 1.54) is 5.69 Å². The third-order valence-corrected chi connectivity index (χ3v) is 2.54. The topological polar surface area (TPSA) is 6.25 Å². The van der Waals surface area contributed by atoms with E-state index in [2.05, 4.69) is 60.5 Å². The minimum absolute atomic E-state index is 0.975. The first-order valence-electron chi connectivity index (χ1n) is 5.75. The molecule has 0 fully saturated rings. The number of hydrogen-bond donors (Lipinski definition) is 0. The van der Waals surface area contributed by atoms with Gasteiger partial charge in [-0.05, 0) is 18.7 Å². The molecule has 0 bridgehead atoms. The van der Waals surface area contributed by atoms with Gasteiger partial charge in [0.25, 0.3) is 0 Å². The molecule has 0 radical (unpaired) electrons. The van der Waals surface area contributed by atoms with E-state index < -0.39 is 0 Å². The molecule has 1 aromatic rings. The summed E-state index contributed by atoms with van der Waals surface area (Å²) in [4.78, 5) is 2.25. The molecule has 0 aliphatic heterocycles. The molecule has 0 aliphatic rings. The summed E-state index contributed by atoms with van der Waals surface area (Å²) in [6.45, 7) is 7.91. The molecule has 0 atom stereocenters. The van der Waals surface area contributed by atoms with E-state index in [9.17, 15) is 0 Å². The van der Waals surface area contributed by atoms with Crippen LogP contribution in [0.2, 0.25) is 0 Å². The zero-order valence-corrected chi connectivity index (χ0v) is 10.3. The predicted octanol–water partition coefficient (Wildman–Crippen LogP) is 2.76. The monoisotopic (exact) mass is 217 g/mol. The Hall–Kier alpha value is -1.57. The van der Waals surface area contributed by atoms with Crippen molar-refractivity contribution >= 4 is 11.9 Å². The summed E-state index contributed by atoms with van der Waals surface area (Å²) in [6, 6.07) is 10.4. The highest BCUT2D eigenvalue weighted by atomic mass is 15.1. The highest BCUT2D eigenvalue weighted by molar-refractivity contribution is 5.50. The van der Waals surface area contributed by atoms with Crippen molar-refractivity contribution in [3.8, 4) is 0 Å². The largest absolute Gasteiger partial charge is 0.368 e. The molecule has 1 aromatic carbocycles. The molecule has 2 nitrogen and oxygen atoms in total. The number of hydrogen-bond acceptors (Lipinski definition) is 1. The molecule has 0 saturated carbocycles. The van der Waals surface area contributed by atoms with E-state index in [0.29, 0.717) is 0 Å². The maximum atomic E-state index is 3.81. The quantitative estimate of drug-likeness (QED) is 0.524. The fraction of sp³-hybridized carbons (Fsp3) is 0.357. The highest BCUT2D eigenvalue weighted by Crippen LogP contribution is 2.09. The second kappa shape index (κ2) is 6.83. The van der Waals surface area contributed by atoms with Crippen LogP contribution in [0.1, 0.15) is 13.3 Å². The van der Waals surface area contributed by atoms with Crippen LogP contribution in [0.4, 0.5) is 5.69 Å². The van der Waals surface area contributed by atoms with Crippen molar-refractivity contribution < 1.29 is 4.58 Å². The van der Waals surface area contributed by atoms with Crippen molar-refractivity contribution in [3.05, 3.63) is 43.1 Å². The van der Waals surface area contributed by atoms with Crippen molar-refractivity contribution in [1.29, 1.82) is 0 Å².